The predicted octanol–water partition coefficient (Wildman–Crippen LogP) is 5.46. The Balaban J connectivity index is 1.70. The molecule has 4 nitrogen and oxygen atoms in total. The molecule has 1 heterocycles. The van der Waals surface area contributed by atoms with Gasteiger partial charge in [0, 0.05) is 22.6 Å². The van der Waals surface area contributed by atoms with E-state index in [1.54, 1.807) is 0 Å². The molecule has 0 bridgehead atoms. The van der Waals surface area contributed by atoms with Gasteiger partial charge < -0.3 is 9.40 Å². The third kappa shape index (κ3) is 3.86. The average molecular weight is 390 g/mol. The molecule has 0 amide bonds. The van der Waals surface area contributed by atoms with Crippen LogP contribution in [-0.2, 0) is 11.3 Å². The summed E-state index contributed by atoms with van der Waals surface area (Å²) in [6, 6.07) is 17.6. The molecule has 0 spiro atoms. The van der Waals surface area contributed by atoms with Crippen LogP contribution in [0, 0.1) is 18.2 Å². The lowest BCUT2D eigenvalue weighted by atomic mass is 9.76. The van der Waals surface area contributed by atoms with Crippen LogP contribution in [0.5, 0.6) is 0 Å². The van der Waals surface area contributed by atoms with Gasteiger partial charge in [-0.3, -0.25) is 0 Å². The van der Waals surface area contributed by atoms with E-state index in [0.29, 0.717) is 6.42 Å². The normalized spacial score (nSPS) is 16.5. The van der Waals surface area contributed by atoms with Gasteiger partial charge in [0.2, 0.25) is 0 Å². The van der Waals surface area contributed by atoms with E-state index in [4.69, 9.17) is 4.84 Å². The number of rotatable bonds is 3. The van der Waals surface area contributed by atoms with Crippen LogP contribution < -0.4 is 0 Å². The summed E-state index contributed by atoms with van der Waals surface area (Å²) in [4.78, 5) is 17.5. The van der Waals surface area contributed by atoms with Crippen LogP contribution in [0.2, 0.25) is 0 Å². The van der Waals surface area contributed by atoms with Crippen molar-refractivity contribution in [2.45, 2.75) is 33.6 Å². The Morgan fingerprint density at radius 3 is 2.45 bits per heavy atom. The summed E-state index contributed by atoms with van der Waals surface area (Å²) in [7, 11) is 0. The smallest absolute Gasteiger partial charge is 0.318 e. The quantitative estimate of drug-likeness (QED) is 0.440. The predicted molar refractivity (Wildman–Crippen MR) is 111 cm³/mol. The van der Waals surface area contributed by atoms with Gasteiger partial charge in [-0.1, -0.05) is 37.2 Å². The van der Waals surface area contributed by atoms with Crippen molar-refractivity contribution >= 4 is 11.7 Å². The summed E-state index contributed by atoms with van der Waals surface area (Å²) in [5, 5.41) is 4.23. The number of halogens is 1. The first-order chi connectivity index (χ1) is 13.8. The monoisotopic (exact) mass is 390 g/mol. The molecule has 0 aliphatic heterocycles. The van der Waals surface area contributed by atoms with Gasteiger partial charge in [0.1, 0.15) is 5.82 Å². The summed E-state index contributed by atoms with van der Waals surface area (Å²) in [5.41, 5.74) is 5.39. The fourth-order valence-electron chi connectivity index (χ4n) is 3.93. The number of aryl methyl sites for hydroxylation is 1. The minimum Gasteiger partial charge on any atom is -0.318 e. The van der Waals surface area contributed by atoms with Crippen LogP contribution in [-0.4, -0.2) is 16.2 Å². The van der Waals surface area contributed by atoms with Gasteiger partial charge in [0.25, 0.3) is 0 Å². The van der Waals surface area contributed by atoms with Crippen LogP contribution in [0.4, 0.5) is 4.39 Å². The second-order valence-corrected chi connectivity index (χ2v) is 8.26. The molecule has 29 heavy (non-hydrogen) atoms. The van der Waals surface area contributed by atoms with Gasteiger partial charge >= 0.3 is 5.97 Å². The van der Waals surface area contributed by atoms with E-state index in [9.17, 15) is 9.18 Å². The molecular formula is C24H23FN2O2. The van der Waals surface area contributed by atoms with Gasteiger partial charge in [0.15, 0.2) is 0 Å². The van der Waals surface area contributed by atoms with Crippen molar-refractivity contribution in [1.29, 1.82) is 0 Å². The number of oxime groups is 1. The number of aromatic nitrogens is 1. The van der Waals surface area contributed by atoms with Crippen molar-refractivity contribution in [2.75, 3.05) is 0 Å². The van der Waals surface area contributed by atoms with Crippen molar-refractivity contribution in [3.63, 3.8) is 0 Å². The van der Waals surface area contributed by atoms with Gasteiger partial charge in [0.05, 0.1) is 11.3 Å². The largest absolute Gasteiger partial charge is 0.365 e. The van der Waals surface area contributed by atoms with E-state index in [1.165, 1.54) is 30.0 Å². The summed E-state index contributed by atoms with van der Waals surface area (Å²) in [6.45, 7) is 6.44. The van der Waals surface area contributed by atoms with Crippen LogP contribution >= 0.6 is 0 Å². The Bertz CT molecular complexity index is 1080. The first-order valence-corrected chi connectivity index (χ1v) is 9.65. The number of nitrogens with zero attached hydrogens (tertiary/aromatic N) is 2. The number of hydrogen-bond acceptors (Lipinski definition) is 3. The number of para-hydroxylation sites is 1. The first-order valence-electron chi connectivity index (χ1n) is 9.65. The zero-order chi connectivity index (χ0) is 20.6. The molecule has 5 heteroatoms. The second-order valence-electron chi connectivity index (χ2n) is 8.26. The third-order valence-electron chi connectivity index (χ3n) is 5.22. The standard InChI is InChI=1S/C24H23FN2O2/c1-16-13-20-21(26-29-23(28)17-9-11-18(25)12-10-17)14-24(2,3)15-22(20)27(16)19-7-5-4-6-8-19/h4-13H,14-15H2,1-3H3/b26-21+. The zero-order valence-electron chi connectivity index (χ0n) is 16.8. The lowest BCUT2D eigenvalue weighted by Gasteiger charge is -2.31. The molecule has 0 N–H and O–H groups in total. The Morgan fingerprint density at radius 1 is 1.07 bits per heavy atom. The van der Waals surface area contributed by atoms with Crippen LogP contribution in [0.25, 0.3) is 5.69 Å². The molecular weight excluding hydrogens is 367 g/mol. The molecule has 0 unspecified atom stereocenters. The highest BCUT2D eigenvalue weighted by Gasteiger charge is 2.33. The maximum absolute atomic E-state index is 13.1. The maximum Gasteiger partial charge on any atom is 0.365 e. The van der Waals surface area contributed by atoms with Crippen molar-refractivity contribution in [2.24, 2.45) is 10.6 Å². The molecule has 1 aromatic heterocycles. The minimum absolute atomic E-state index is 0.0224. The highest BCUT2D eigenvalue weighted by Crippen LogP contribution is 2.38. The van der Waals surface area contributed by atoms with Crippen molar-refractivity contribution in [3.05, 3.63) is 89.0 Å². The number of hydrogen-bond donors (Lipinski definition) is 0. The summed E-state index contributed by atoms with van der Waals surface area (Å²) < 4.78 is 15.3. The molecule has 0 atom stereocenters. The molecule has 2 aromatic carbocycles. The Labute approximate surface area is 169 Å². The van der Waals surface area contributed by atoms with Gasteiger partial charge in [-0.05, 0) is 67.6 Å². The molecule has 0 saturated carbocycles. The lowest BCUT2D eigenvalue weighted by molar-refractivity contribution is 0.0514. The number of fused-ring (bicyclic) bond motifs is 1. The average Bonchev–Trinajstić information content (AvgIpc) is 3.01. The van der Waals surface area contributed by atoms with E-state index in [0.717, 1.165) is 29.1 Å². The van der Waals surface area contributed by atoms with E-state index >= 15 is 0 Å². The fraction of sp³-hybridized carbons (Fsp3) is 0.250. The summed E-state index contributed by atoms with van der Waals surface area (Å²) in [6.07, 6.45) is 1.60. The van der Waals surface area contributed by atoms with Crippen LogP contribution in [0.15, 0.2) is 65.8 Å². The molecule has 0 radical (unpaired) electrons. The number of carbonyl (C=O) groups is 1. The topological polar surface area (TPSA) is 43.6 Å². The van der Waals surface area contributed by atoms with E-state index in [-0.39, 0.29) is 11.0 Å². The van der Waals surface area contributed by atoms with Crippen LogP contribution in [0.1, 0.15) is 47.6 Å². The Kier molecular flexibility index (Phi) is 4.82. The molecule has 0 fully saturated rings. The molecule has 3 aromatic rings. The second kappa shape index (κ2) is 7.32. The lowest BCUT2D eigenvalue weighted by Crippen LogP contribution is -2.28. The van der Waals surface area contributed by atoms with E-state index in [1.807, 2.05) is 18.2 Å². The first kappa shape index (κ1) is 19.1. The molecule has 0 saturated heterocycles. The Morgan fingerprint density at radius 2 is 1.76 bits per heavy atom. The van der Waals surface area contributed by atoms with E-state index < -0.39 is 11.8 Å². The Hall–Kier alpha value is -3.21. The maximum atomic E-state index is 13.1. The summed E-state index contributed by atoms with van der Waals surface area (Å²) >= 11 is 0. The molecule has 1 aliphatic carbocycles. The SMILES string of the molecule is Cc1cc2c(n1-c1ccccc1)CC(C)(C)C/C2=N\OC(=O)c1ccc(F)cc1. The van der Waals surface area contributed by atoms with Crippen molar-refractivity contribution in [3.8, 4) is 5.69 Å². The minimum atomic E-state index is -0.596. The highest BCUT2D eigenvalue weighted by molar-refractivity contribution is 6.03. The van der Waals surface area contributed by atoms with Crippen molar-refractivity contribution < 1.29 is 14.0 Å². The fourth-order valence-corrected chi connectivity index (χ4v) is 3.93. The molecule has 1 aliphatic rings. The highest BCUT2D eigenvalue weighted by atomic mass is 19.1. The van der Waals surface area contributed by atoms with E-state index in [2.05, 4.69) is 48.7 Å². The third-order valence-corrected chi connectivity index (χ3v) is 5.22. The van der Waals surface area contributed by atoms with Crippen LogP contribution in [0.3, 0.4) is 0 Å². The summed E-state index contributed by atoms with van der Waals surface area (Å²) in [5.74, 6) is -0.995. The number of benzene rings is 2. The number of carbonyl (C=O) groups excluding carboxylic acids is 1. The van der Waals surface area contributed by atoms with Gasteiger partial charge in [-0.25, -0.2) is 9.18 Å². The van der Waals surface area contributed by atoms with Crippen molar-refractivity contribution in [1.82, 2.24) is 4.57 Å². The zero-order valence-corrected chi connectivity index (χ0v) is 16.8. The van der Waals surface area contributed by atoms with Gasteiger partial charge in [-0.15, -0.1) is 0 Å². The van der Waals surface area contributed by atoms with Gasteiger partial charge in [-0.2, -0.15) is 0 Å². The molecule has 148 valence electrons. The molecule has 4 rings (SSSR count).